The van der Waals surface area contributed by atoms with Gasteiger partial charge in [0.2, 0.25) is 5.91 Å². The van der Waals surface area contributed by atoms with Crippen molar-refractivity contribution in [1.82, 2.24) is 20.9 Å². The molecule has 2 aromatic rings. The van der Waals surface area contributed by atoms with Gasteiger partial charge in [0.05, 0.1) is 17.4 Å². The molecule has 1 saturated heterocycles. The molecule has 5 rings (SSSR count). The highest BCUT2D eigenvalue weighted by Gasteiger charge is 2.47. The summed E-state index contributed by atoms with van der Waals surface area (Å²) < 4.78 is 0. The molecule has 3 N–H and O–H groups in total. The summed E-state index contributed by atoms with van der Waals surface area (Å²) in [4.78, 5) is 32.7. The maximum atomic E-state index is 13.3. The van der Waals surface area contributed by atoms with Crippen LogP contribution in [-0.4, -0.2) is 41.3 Å². The Bertz CT molecular complexity index is 1070. The van der Waals surface area contributed by atoms with Crippen LogP contribution in [-0.2, 0) is 4.79 Å². The van der Waals surface area contributed by atoms with Gasteiger partial charge in [-0.1, -0.05) is 37.7 Å². The maximum Gasteiger partial charge on any atom is 0.327 e. The Labute approximate surface area is 192 Å². The van der Waals surface area contributed by atoms with Gasteiger partial charge in [-0.3, -0.25) is 9.69 Å². The van der Waals surface area contributed by atoms with Crippen molar-refractivity contribution in [2.24, 2.45) is 0 Å². The number of amides is 3. The van der Waals surface area contributed by atoms with E-state index in [4.69, 9.17) is 0 Å². The maximum absolute atomic E-state index is 13.3. The highest BCUT2D eigenvalue weighted by Crippen LogP contribution is 2.50. The molecule has 1 fully saturated rings. The number of hydrogen-bond acceptors (Lipinski definition) is 5. The molecule has 2 unspecified atom stereocenters. The molecule has 4 heterocycles. The van der Waals surface area contributed by atoms with Gasteiger partial charge in [-0.25, -0.2) is 9.78 Å². The third-order valence-electron chi connectivity index (χ3n) is 6.54. The van der Waals surface area contributed by atoms with Gasteiger partial charge in [-0.05, 0) is 55.5 Å². The topological polar surface area (TPSA) is 86.4 Å². The van der Waals surface area contributed by atoms with Gasteiger partial charge in [-0.2, -0.15) is 0 Å². The summed E-state index contributed by atoms with van der Waals surface area (Å²) >= 11 is 1.44. The van der Waals surface area contributed by atoms with Crippen molar-refractivity contribution in [3.63, 3.8) is 0 Å². The quantitative estimate of drug-likeness (QED) is 0.659. The first kappa shape index (κ1) is 21.3. The Balaban J connectivity index is 1.46. The molecule has 3 amide bonds. The summed E-state index contributed by atoms with van der Waals surface area (Å²) in [5, 5.41) is 10.0. The van der Waals surface area contributed by atoms with Crippen LogP contribution >= 0.6 is 11.8 Å². The van der Waals surface area contributed by atoms with Gasteiger partial charge in [0.15, 0.2) is 0 Å². The number of piperidine rings is 1. The summed E-state index contributed by atoms with van der Waals surface area (Å²) in [5.74, 6) is 0.381. The number of urea groups is 1. The second kappa shape index (κ2) is 8.41. The van der Waals surface area contributed by atoms with Gasteiger partial charge in [-0.15, -0.1) is 0 Å². The van der Waals surface area contributed by atoms with Crippen LogP contribution in [0.3, 0.4) is 0 Å². The van der Waals surface area contributed by atoms with Gasteiger partial charge in [0.25, 0.3) is 0 Å². The van der Waals surface area contributed by atoms with Crippen LogP contribution in [0.4, 0.5) is 16.2 Å². The van der Waals surface area contributed by atoms with Crippen molar-refractivity contribution in [3.05, 3.63) is 47.2 Å². The Morgan fingerprint density at radius 2 is 2.12 bits per heavy atom. The largest absolute Gasteiger partial charge is 0.351 e. The van der Waals surface area contributed by atoms with Crippen LogP contribution in [0.2, 0.25) is 0 Å². The first-order valence-electron chi connectivity index (χ1n) is 11.3. The number of nitrogens with one attached hydrogen (secondary N) is 3. The lowest BCUT2D eigenvalue weighted by atomic mass is 9.97. The van der Waals surface area contributed by atoms with Gasteiger partial charge >= 0.3 is 6.03 Å². The van der Waals surface area contributed by atoms with E-state index in [2.05, 4.69) is 46.9 Å². The van der Waals surface area contributed by atoms with E-state index < -0.39 is 5.25 Å². The molecular formula is C24H29N5O2S. The molecule has 1 aromatic heterocycles. The van der Waals surface area contributed by atoms with Crippen LogP contribution in [0.25, 0.3) is 0 Å². The zero-order chi connectivity index (χ0) is 22.4. The molecule has 0 spiro atoms. The lowest BCUT2D eigenvalue weighted by molar-refractivity contribution is -0.121. The number of carbonyl (C=O) groups is 2. The molecule has 0 radical (unpaired) electrons. The minimum Gasteiger partial charge on any atom is -0.351 e. The Kier molecular flexibility index (Phi) is 5.59. The van der Waals surface area contributed by atoms with E-state index in [1.165, 1.54) is 17.3 Å². The Morgan fingerprint density at radius 1 is 1.28 bits per heavy atom. The fourth-order valence-electron chi connectivity index (χ4n) is 4.81. The fraction of sp³-hybridized carbons (Fsp3) is 0.458. The molecule has 168 valence electrons. The first-order valence-corrected chi connectivity index (χ1v) is 12.2. The third-order valence-corrected chi connectivity index (χ3v) is 7.82. The second-order valence-corrected chi connectivity index (χ2v) is 10.2. The van der Waals surface area contributed by atoms with Crippen molar-refractivity contribution in [2.45, 2.75) is 61.9 Å². The van der Waals surface area contributed by atoms with Gasteiger partial charge in [0, 0.05) is 24.3 Å². The van der Waals surface area contributed by atoms with E-state index in [-0.39, 0.29) is 24.0 Å². The molecule has 7 nitrogen and oxygen atoms in total. The van der Waals surface area contributed by atoms with Gasteiger partial charge < -0.3 is 16.0 Å². The van der Waals surface area contributed by atoms with Crippen molar-refractivity contribution < 1.29 is 9.59 Å². The standard InChI is InChI=1S/C24H29N5O2S/c1-13(2)15-6-7-17(14(3)11-15)29-18-8-10-26-23-19(18)20(28-24(29)31)21(32-23)22(30)27-16-5-4-9-25-12-16/h6-8,10-11,13,16,20-21,25H,4-5,9,12H2,1-3H3,(H,27,30)(H,28,31)/t16?,20?,21-/m1/s1. The third kappa shape index (κ3) is 3.65. The molecule has 1 aromatic carbocycles. The van der Waals surface area contributed by atoms with E-state index in [0.717, 1.165) is 53.5 Å². The number of rotatable bonds is 4. The molecule has 3 aliphatic rings. The molecule has 8 heteroatoms. The predicted octanol–water partition coefficient (Wildman–Crippen LogP) is 3.76. The summed E-state index contributed by atoms with van der Waals surface area (Å²) in [5.41, 5.74) is 4.88. The van der Waals surface area contributed by atoms with Crippen molar-refractivity contribution in [1.29, 1.82) is 0 Å². The summed E-state index contributed by atoms with van der Waals surface area (Å²) in [6, 6.07) is 7.66. The van der Waals surface area contributed by atoms with E-state index in [1.54, 1.807) is 11.1 Å². The molecule has 0 saturated carbocycles. The monoisotopic (exact) mass is 451 g/mol. The normalized spacial score (nSPS) is 24.3. The molecule has 0 bridgehead atoms. The number of carbonyl (C=O) groups excluding carboxylic acids is 2. The van der Waals surface area contributed by atoms with Crippen LogP contribution in [0.15, 0.2) is 35.5 Å². The average Bonchev–Trinajstić information content (AvgIpc) is 3.15. The minimum atomic E-state index is -0.420. The van der Waals surface area contributed by atoms with Crippen molar-refractivity contribution in [3.8, 4) is 0 Å². The number of thioether (sulfide) groups is 1. The van der Waals surface area contributed by atoms with Gasteiger partial charge in [0.1, 0.15) is 10.3 Å². The SMILES string of the molecule is Cc1cc(C(C)C)ccc1N1C(=O)NC2c3c1ccnc3S[C@H]2C(=O)NC1CCCNC1. The fourth-order valence-corrected chi connectivity index (χ4v) is 6.05. The zero-order valence-electron chi connectivity index (χ0n) is 18.6. The number of hydrogen-bond donors (Lipinski definition) is 3. The first-order chi connectivity index (χ1) is 15.4. The predicted molar refractivity (Wildman–Crippen MR) is 127 cm³/mol. The van der Waals surface area contributed by atoms with Crippen molar-refractivity contribution in [2.75, 3.05) is 18.0 Å². The molecule has 3 aliphatic heterocycles. The summed E-state index contributed by atoms with van der Waals surface area (Å²) in [6.07, 6.45) is 3.76. The molecule has 0 aliphatic carbocycles. The van der Waals surface area contributed by atoms with E-state index >= 15 is 0 Å². The zero-order valence-corrected chi connectivity index (χ0v) is 19.5. The molecular weight excluding hydrogens is 422 g/mol. The number of benzene rings is 1. The number of aryl methyl sites for hydroxylation is 1. The van der Waals surface area contributed by atoms with Crippen LogP contribution in [0, 0.1) is 6.92 Å². The lowest BCUT2D eigenvalue weighted by Gasteiger charge is -2.35. The van der Waals surface area contributed by atoms with E-state index in [0.29, 0.717) is 5.92 Å². The van der Waals surface area contributed by atoms with E-state index in [1.807, 2.05) is 19.1 Å². The highest BCUT2D eigenvalue weighted by molar-refractivity contribution is 8.01. The number of pyridine rings is 1. The van der Waals surface area contributed by atoms with E-state index in [9.17, 15) is 9.59 Å². The van der Waals surface area contributed by atoms with Crippen molar-refractivity contribution >= 4 is 35.1 Å². The lowest BCUT2D eigenvalue weighted by Crippen LogP contribution is -2.52. The Morgan fingerprint density at radius 3 is 2.84 bits per heavy atom. The van der Waals surface area contributed by atoms with Crippen LogP contribution < -0.4 is 20.9 Å². The Hall–Kier alpha value is -2.58. The minimum absolute atomic E-state index is 0.0381. The summed E-state index contributed by atoms with van der Waals surface area (Å²) in [7, 11) is 0. The second-order valence-electron chi connectivity index (χ2n) is 9.10. The number of anilines is 2. The summed E-state index contributed by atoms with van der Waals surface area (Å²) in [6.45, 7) is 8.14. The smallest absolute Gasteiger partial charge is 0.327 e. The van der Waals surface area contributed by atoms with Crippen LogP contribution in [0.1, 0.15) is 55.3 Å². The average molecular weight is 452 g/mol. The number of aromatic nitrogens is 1. The highest BCUT2D eigenvalue weighted by atomic mass is 32.2. The molecule has 3 atom stereocenters. The number of nitrogens with zero attached hydrogens (tertiary/aromatic N) is 2. The molecule has 32 heavy (non-hydrogen) atoms. The van der Waals surface area contributed by atoms with Crippen LogP contribution in [0.5, 0.6) is 0 Å².